The second-order valence-electron chi connectivity index (χ2n) is 18.2. The average molecular weight is 839 g/mol. The lowest BCUT2D eigenvalue weighted by atomic mass is 9.57. The zero-order chi connectivity index (χ0) is 43.7. The Balaban J connectivity index is 0.991. The van der Waals surface area contributed by atoms with Crippen molar-refractivity contribution in [1.82, 2.24) is 0 Å². The molecule has 4 nitrogen and oxygen atoms in total. The monoisotopic (exact) mass is 838 g/mol. The first-order chi connectivity index (χ1) is 31.3. The third-order valence-electron chi connectivity index (χ3n) is 15.0. The highest BCUT2D eigenvalue weighted by Crippen LogP contribution is 2.55. The van der Waals surface area contributed by atoms with Gasteiger partial charge in [0.15, 0.2) is 0 Å². The summed E-state index contributed by atoms with van der Waals surface area (Å²) in [6.45, 7) is 0. The highest BCUT2D eigenvalue weighted by molar-refractivity contribution is 5.75. The van der Waals surface area contributed by atoms with Gasteiger partial charge in [-0.15, -0.1) is 0 Å². The van der Waals surface area contributed by atoms with Crippen LogP contribution in [0.2, 0.25) is 0 Å². The second kappa shape index (κ2) is 17.3. The van der Waals surface area contributed by atoms with Crippen molar-refractivity contribution >= 4 is 0 Å². The molecule has 8 aromatic carbocycles. The summed E-state index contributed by atoms with van der Waals surface area (Å²) in [4.78, 5) is 0. The normalized spacial score (nSPS) is 16.3. The first kappa shape index (κ1) is 41.0. The molecule has 64 heavy (non-hydrogen) atoms. The standard InChI is InChI=1S/C60H54O4/c61-55-25-21-47(37-51(55)43-13-5-1-6-14-43)59(48-22-26-56(62)52(38-48)44-15-7-2-8-16-44)33-29-41(30-34-59)42-31-35-60(36-32-42,49-23-27-57(63)53(39-49)45-17-9-3-10-18-45)50-24-28-58(64)54(40-50)46-19-11-4-12-20-46/h1-28,37-42,61-64H,29-36H2. The van der Waals surface area contributed by atoms with Gasteiger partial charge < -0.3 is 20.4 Å². The molecule has 0 atom stereocenters. The third-order valence-corrected chi connectivity index (χ3v) is 15.0. The van der Waals surface area contributed by atoms with E-state index in [4.69, 9.17) is 0 Å². The van der Waals surface area contributed by atoms with Gasteiger partial charge in [0.1, 0.15) is 23.0 Å². The maximum Gasteiger partial charge on any atom is 0.123 e. The molecule has 4 heteroatoms. The molecule has 2 saturated carbocycles. The van der Waals surface area contributed by atoms with E-state index in [0.717, 1.165) is 95.9 Å². The van der Waals surface area contributed by atoms with E-state index in [1.165, 1.54) is 22.3 Å². The van der Waals surface area contributed by atoms with Crippen molar-refractivity contribution in [2.45, 2.75) is 62.2 Å². The first-order valence-electron chi connectivity index (χ1n) is 22.9. The van der Waals surface area contributed by atoms with E-state index in [-0.39, 0.29) is 33.8 Å². The molecule has 0 bridgehead atoms. The van der Waals surface area contributed by atoms with E-state index < -0.39 is 0 Å². The van der Waals surface area contributed by atoms with Gasteiger partial charge in [0, 0.05) is 33.1 Å². The van der Waals surface area contributed by atoms with Crippen LogP contribution in [0.4, 0.5) is 0 Å². The topological polar surface area (TPSA) is 80.9 Å². The Morgan fingerprint density at radius 2 is 0.500 bits per heavy atom. The van der Waals surface area contributed by atoms with E-state index in [1.54, 1.807) is 0 Å². The largest absolute Gasteiger partial charge is 0.507 e. The first-order valence-corrected chi connectivity index (χ1v) is 22.9. The molecule has 0 heterocycles. The minimum absolute atomic E-state index is 0.272. The summed E-state index contributed by atoms with van der Waals surface area (Å²) in [5.41, 5.74) is 11.4. The van der Waals surface area contributed by atoms with Gasteiger partial charge in [-0.2, -0.15) is 0 Å². The Morgan fingerprint density at radius 3 is 0.719 bits per heavy atom. The Morgan fingerprint density at radius 1 is 0.281 bits per heavy atom. The van der Waals surface area contributed by atoms with Crippen LogP contribution in [-0.4, -0.2) is 20.4 Å². The van der Waals surface area contributed by atoms with Crippen LogP contribution in [-0.2, 0) is 10.8 Å². The molecule has 2 aliphatic carbocycles. The predicted octanol–water partition coefficient (Wildman–Crippen LogP) is 14.8. The Labute approximate surface area is 376 Å². The lowest BCUT2D eigenvalue weighted by Gasteiger charge is -2.47. The number of hydrogen-bond acceptors (Lipinski definition) is 4. The molecule has 8 aromatic rings. The predicted molar refractivity (Wildman–Crippen MR) is 260 cm³/mol. The van der Waals surface area contributed by atoms with E-state index >= 15 is 0 Å². The van der Waals surface area contributed by atoms with Crippen LogP contribution in [0.25, 0.3) is 44.5 Å². The minimum atomic E-state index is -0.316. The molecule has 0 radical (unpaired) electrons. The van der Waals surface area contributed by atoms with Crippen LogP contribution in [0, 0.1) is 11.8 Å². The summed E-state index contributed by atoms with van der Waals surface area (Å²) in [5, 5.41) is 44.8. The van der Waals surface area contributed by atoms with Crippen LogP contribution in [0.3, 0.4) is 0 Å². The second-order valence-corrected chi connectivity index (χ2v) is 18.2. The van der Waals surface area contributed by atoms with Crippen molar-refractivity contribution in [3.63, 3.8) is 0 Å². The third kappa shape index (κ3) is 7.62. The average Bonchev–Trinajstić information content (AvgIpc) is 3.36. The van der Waals surface area contributed by atoms with Gasteiger partial charge in [-0.05, 0) is 156 Å². The zero-order valence-electron chi connectivity index (χ0n) is 36.1. The van der Waals surface area contributed by atoms with Crippen LogP contribution in [0.5, 0.6) is 23.0 Å². The Hall–Kier alpha value is -7.04. The zero-order valence-corrected chi connectivity index (χ0v) is 36.1. The van der Waals surface area contributed by atoms with Crippen LogP contribution in [0.1, 0.15) is 73.6 Å². The Bertz CT molecular complexity index is 2490. The van der Waals surface area contributed by atoms with Crippen molar-refractivity contribution in [3.8, 4) is 67.5 Å². The minimum Gasteiger partial charge on any atom is -0.507 e. The number of benzene rings is 8. The number of aromatic hydroxyl groups is 4. The van der Waals surface area contributed by atoms with E-state index in [9.17, 15) is 20.4 Å². The maximum atomic E-state index is 11.2. The summed E-state index contributed by atoms with van der Waals surface area (Å²) < 4.78 is 0. The van der Waals surface area contributed by atoms with Gasteiger partial charge in [0.25, 0.3) is 0 Å². The fourth-order valence-electron chi connectivity index (χ4n) is 11.4. The summed E-state index contributed by atoms with van der Waals surface area (Å²) in [5.74, 6) is 2.18. The van der Waals surface area contributed by atoms with Gasteiger partial charge in [-0.3, -0.25) is 0 Å². The molecule has 2 fully saturated rings. The number of phenolic OH excluding ortho intramolecular Hbond substituents is 4. The van der Waals surface area contributed by atoms with Crippen molar-refractivity contribution in [3.05, 3.63) is 216 Å². The van der Waals surface area contributed by atoms with Gasteiger partial charge in [-0.1, -0.05) is 146 Å². The highest BCUT2D eigenvalue weighted by Gasteiger charge is 2.45. The SMILES string of the molecule is Oc1ccc(C2(c3ccc(O)c(-c4ccccc4)c3)CCC(C3CCC(c4ccc(O)c(-c5ccccc5)c4)(c4ccc(O)c(-c5ccccc5)c4)CC3)CC2)cc1-c1ccccc1. The molecule has 318 valence electrons. The van der Waals surface area contributed by atoms with Gasteiger partial charge in [-0.25, -0.2) is 0 Å². The van der Waals surface area contributed by atoms with Gasteiger partial charge >= 0.3 is 0 Å². The maximum absolute atomic E-state index is 11.2. The summed E-state index contributed by atoms with van der Waals surface area (Å²) in [7, 11) is 0. The van der Waals surface area contributed by atoms with E-state index in [1.807, 2.05) is 97.1 Å². The van der Waals surface area contributed by atoms with Crippen LogP contribution in [0.15, 0.2) is 194 Å². The molecule has 0 spiro atoms. The fourth-order valence-corrected chi connectivity index (χ4v) is 11.4. The summed E-state index contributed by atoms with van der Waals surface area (Å²) in [6.07, 6.45) is 8.07. The highest BCUT2D eigenvalue weighted by atomic mass is 16.3. The lowest BCUT2D eigenvalue weighted by Crippen LogP contribution is -2.38. The number of hydrogen-bond donors (Lipinski definition) is 4. The number of rotatable bonds is 9. The molecule has 4 N–H and O–H groups in total. The summed E-state index contributed by atoms with van der Waals surface area (Å²) >= 11 is 0. The van der Waals surface area contributed by atoms with Crippen molar-refractivity contribution in [2.24, 2.45) is 11.8 Å². The van der Waals surface area contributed by atoms with Gasteiger partial charge in [0.2, 0.25) is 0 Å². The quantitative estimate of drug-likeness (QED) is 0.117. The van der Waals surface area contributed by atoms with Crippen molar-refractivity contribution in [2.75, 3.05) is 0 Å². The van der Waals surface area contributed by atoms with Crippen molar-refractivity contribution in [1.29, 1.82) is 0 Å². The van der Waals surface area contributed by atoms with Crippen LogP contribution < -0.4 is 0 Å². The van der Waals surface area contributed by atoms with E-state index in [2.05, 4.69) is 97.1 Å². The molecule has 2 aliphatic rings. The van der Waals surface area contributed by atoms with Gasteiger partial charge in [0.05, 0.1) is 0 Å². The lowest BCUT2D eigenvalue weighted by molar-refractivity contribution is 0.141. The molecule has 0 aliphatic heterocycles. The molecule has 0 saturated heterocycles. The van der Waals surface area contributed by atoms with E-state index in [0.29, 0.717) is 11.8 Å². The van der Waals surface area contributed by atoms with Crippen molar-refractivity contribution < 1.29 is 20.4 Å². The molecule has 0 amide bonds. The fraction of sp³-hybridized carbons (Fsp3) is 0.200. The molecule has 0 unspecified atom stereocenters. The smallest absolute Gasteiger partial charge is 0.123 e. The molecule has 10 rings (SSSR count). The Kier molecular flexibility index (Phi) is 11.1. The van der Waals surface area contributed by atoms with Crippen LogP contribution >= 0.6 is 0 Å². The number of phenols is 4. The summed E-state index contributed by atoms with van der Waals surface area (Å²) in [6, 6.07) is 65.3. The molecular formula is C60H54O4. The molecular weight excluding hydrogens is 785 g/mol. The molecule has 0 aromatic heterocycles.